The van der Waals surface area contributed by atoms with Crippen LogP contribution in [0.2, 0.25) is 0 Å². The molecule has 2 rings (SSSR count). The van der Waals surface area contributed by atoms with Gasteiger partial charge in [0.1, 0.15) is 0 Å². The molecule has 0 saturated carbocycles. The Bertz CT molecular complexity index is 637. The number of rotatable bonds is 3. The Balaban J connectivity index is 2.37. The number of hydrogen-bond acceptors (Lipinski definition) is 4. The van der Waals surface area contributed by atoms with Crippen LogP contribution in [0, 0.1) is 6.92 Å². The average Bonchev–Trinajstić information content (AvgIpc) is 2.68. The van der Waals surface area contributed by atoms with Gasteiger partial charge in [-0.2, -0.15) is 0 Å². The van der Waals surface area contributed by atoms with Crippen molar-refractivity contribution in [3.8, 4) is 0 Å². The maximum atomic E-state index is 12.1. The fourth-order valence-electron chi connectivity index (χ4n) is 1.25. The van der Waals surface area contributed by atoms with E-state index in [1.165, 1.54) is 0 Å². The summed E-state index contributed by atoms with van der Waals surface area (Å²) in [6.45, 7) is 1.75. The van der Waals surface area contributed by atoms with Crippen LogP contribution in [-0.4, -0.2) is 13.4 Å². The van der Waals surface area contributed by atoms with Crippen LogP contribution in [0.5, 0.6) is 0 Å². The molecule has 0 radical (unpaired) electrons. The molecular weight excluding hydrogens is 324 g/mol. The van der Waals surface area contributed by atoms with Crippen molar-refractivity contribution in [1.29, 1.82) is 0 Å². The summed E-state index contributed by atoms with van der Waals surface area (Å²) in [7, 11) is -3.54. The van der Waals surface area contributed by atoms with Crippen LogP contribution >= 0.6 is 27.3 Å². The van der Waals surface area contributed by atoms with Gasteiger partial charge in [0.05, 0.1) is 11.4 Å². The minimum atomic E-state index is -3.54. The van der Waals surface area contributed by atoms with Gasteiger partial charge in [0.2, 0.25) is 0 Å². The molecule has 17 heavy (non-hydrogen) atoms. The first kappa shape index (κ1) is 12.5. The smallest absolute Gasteiger partial charge is 0.272 e. The molecule has 0 spiro atoms. The van der Waals surface area contributed by atoms with Gasteiger partial charge in [-0.25, -0.2) is 8.42 Å². The van der Waals surface area contributed by atoms with Crippen molar-refractivity contribution >= 4 is 43.0 Å². The predicted molar refractivity (Wildman–Crippen MR) is 71.8 cm³/mol. The Labute approximate surface area is 112 Å². The number of sulfonamides is 1. The van der Waals surface area contributed by atoms with E-state index in [1.54, 1.807) is 36.7 Å². The van der Waals surface area contributed by atoms with Gasteiger partial charge in [-0.05, 0) is 46.4 Å². The minimum Gasteiger partial charge on any atom is -0.277 e. The molecule has 0 amide bonds. The quantitative estimate of drug-likeness (QED) is 0.939. The molecule has 2 aromatic rings. The molecule has 0 atom stereocenters. The topological polar surface area (TPSA) is 59.1 Å². The third-order valence-electron chi connectivity index (χ3n) is 2.08. The summed E-state index contributed by atoms with van der Waals surface area (Å²) in [6.07, 6.45) is 1.62. The standard InChI is InChI=1S/C10H9BrN2O2S2/c1-7-9(3-2-5-12-7)13-17(14,15)10-8(11)4-6-16-10/h2-6,13H,1H3. The van der Waals surface area contributed by atoms with Gasteiger partial charge in [-0.1, -0.05) is 0 Å². The molecule has 0 aliphatic rings. The van der Waals surface area contributed by atoms with Crippen LogP contribution in [0.25, 0.3) is 0 Å². The first-order valence-electron chi connectivity index (χ1n) is 4.68. The van der Waals surface area contributed by atoms with Crippen LogP contribution in [0.15, 0.2) is 38.5 Å². The Morgan fingerprint density at radius 1 is 1.41 bits per heavy atom. The molecule has 0 aromatic carbocycles. The molecule has 0 saturated heterocycles. The third-order valence-corrected chi connectivity index (χ3v) is 6.12. The zero-order valence-corrected chi connectivity index (χ0v) is 12.1. The van der Waals surface area contributed by atoms with Crippen molar-refractivity contribution in [2.45, 2.75) is 11.1 Å². The number of halogens is 1. The van der Waals surface area contributed by atoms with Gasteiger partial charge >= 0.3 is 0 Å². The Kier molecular flexibility index (Phi) is 3.50. The predicted octanol–water partition coefficient (Wildman–Crippen LogP) is 3.01. The molecule has 0 unspecified atom stereocenters. The summed E-state index contributed by atoms with van der Waals surface area (Å²) in [5.74, 6) is 0. The number of nitrogens with zero attached hydrogens (tertiary/aromatic N) is 1. The van der Waals surface area contributed by atoms with Gasteiger partial charge in [0, 0.05) is 10.7 Å². The highest BCUT2D eigenvalue weighted by Crippen LogP contribution is 2.29. The number of aromatic nitrogens is 1. The van der Waals surface area contributed by atoms with E-state index in [0.717, 1.165) is 11.3 Å². The lowest BCUT2D eigenvalue weighted by Crippen LogP contribution is -2.13. The monoisotopic (exact) mass is 332 g/mol. The Morgan fingerprint density at radius 2 is 2.18 bits per heavy atom. The largest absolute Gasteiger partial charge is 0.277 e. The van der Waals surface area contributed by atoms with E-state index in [2.05, 4.69) is 25.6 Å². The van der Waals surface area contributed by atoms with E-state index in [4.69, 9.17) is 0 Å². The molecule has 2 aromatic heterocycles. The second kappa shape index (κ2) is 4.75. The first-order chi connectivity index (χ1) is 8.00. The number of hydrogen-bond donors (Lipinski definition) is 1. The molecule has 4 nitrogen and oxygen atoms in total. The molecule has 7 heteroatoms. The lowest BCUT2D eigenvalue weighted by atomic mass is 10.3. The van der Waals surface area contributed by atoms with E-state index < -0.39 is 10.0 Å². The lowest BCUT2D eigenvalue weighted by molar-refractivity contribution is 0.602. The van der Waals surface area contributed by atoms with E-state index in [9.17, 15) is 8.42 Å². The van der Waals surface area contributed by atoms with Crippen molar-refractivity contribution in [2.24, 2.45) is 0 Å². The van der Waals surface area contributed by atoms with Gasteiger partial charge in [-0.3, -0.25) is 9.71 Å². The van der Waals surface area contributed by atoms with Crippen molar-refractivity contribution < 1.29 is 8.42 Å². The Morgan fingerprint density at radius 3 is 2.76 bits per heavy atom. The fraction of sp³-hybridized carbons (Fsp3) is 0.100. The first-order valence-corrected chi connectivity index (χ1v) is 7.84. The van der Waals surface area contributed by atoms with Crippen molar-refractivity contribution in [2.75, 3.05) is 4.72 Å². The molecule has 0 aliphatic carbocycles. The van der Waals surface area contributed by atoms with E-state index in [-0.39, 0.29) is 4.21 Å². The number of thiophene rings is 1. The Hall–Kier alpha value is -0.920. The van der Waals surface area contributed by atoms with Crippen LogP contribution in [0.4, 0.5) is 5.69 Å². The van der Waals surface area contributed by atoms with Crippen LogP contribution in [0.3, 0.4) is 0 Å². The second-order valence-electron chi connectivity index (χ2n) is 3.30. The van der Waals surface area contributed by atoms with Gasteiger partial charge < -0.3 is 0 Å². The summed E-state index contributed by atoms with van der Waals surface area (Å²) in [5.41, 5.74) is 1.14. The highest BCUT2D eigenvalue weighted by molar-refractivity contribution is 9.10. The maximum absolute atomic E-state index is 12.1. The minimum absolute atomic E-state index is 0.265. The van der Waals surface area contributed by atoms with E-state index in [0.29, 0.717) is 15.9 Å². The lowest BCUT2D eigenvalue weighted by Gasteiger charge is -2.08. The molecule has 0 bridgehead atoms. The average molecular weight is 333 g/mol. The summed E-state index contributed by atoms with van der Waals surface area (Å²) >= 11 is 4.37. The van der Waals surface area contributed by atoms with Gasteiger partial charge in [-0.15, -0.1) is 11.3 Å². The highest BCUT2D eigenvalue weighted by Gasteiger charge is 2.19. The summed E-state index contributed by atoms with van der Waals surface area (Å²) in [5, 5.41) is 1.72. The molecule has 0 fully saturated rings. The van der Waals surface area contributed by atoms with Crippen LogP contribution < -0.4 is 4.72 Å². The number of aryl methyl sites for hydroxylation is 1. The number of nitrogens with one attached hydrogen (secondary N) is 1. The summed E-state index contributed by atoms with van der Waals surface area (Å²) in [6, 6.07) is 5.07. The fourth-order valence-corrected chi connectivity index (χ4v) is 4.71. The third kappa shape index (κ3) is 2.67. The van der Waals surface area contributed by atoms with Gasteiger partial charge in [0.15, 0.2) is 4.21 Å². The maximum Gasteiger partial charge on any atom is 0.272 e. The van der Waals surface area contributed by atoms with Crippen molar-refractivity contribution in [3.63, 3.8) is 0 Å². The van der Waals surface area contributed by atoms with Crippen LogP contribution in [0.1, 0.15) is 5.69 Å². The SMILES string of the molecule is Cc1ncccc1NS(=O)(=O)c1sccc1Br. The molecule has 2 heterocycles. The number of anilines is 1. The van der Waals surface area contributed by atoms with E-state index >= 15 is 0 Å². The second-order valence-corrected chi connectivity index (χ2v) is 6.95. The molecule has 0 aliphatic heterocycles. The zero-order chi connectivity index (χ0) is 12.5. The zero-order valence-electron chi connectivity index (χ0n) is 8.84. The summed E-state index contributed by atoms with van der Waals surface area (Å²) in [4.78, 5) is 4.03. The molecule has 90 valence electrons. The highest BCUT2D eigenvalue weighted by atomic mass is 79.9. The number of pyridine rings is 1. The molecule has 1 N–H and O–H groups in total. The van der Waals surface area contributed by atoms with Gasteiger partial charge in [0.25, 0.3) is 10.0 Å². The normalized spacial score (nSPS) is 11.4. The van der Waals surface area contributed by atoms with Crippen molar-refractivity contribution in [3.05, 3.63) is 39.9 Å². The molecular formula is C10H9BrN2O2S2. The van der Waals surface area contributed by atoms with Crippen molar-refractivity contribution in [1.82, 2.24) is 4.98 Å². The summed E-state index contributed by atoms with van der Waals surface area (Å²) < 4.78 is 27.5. The van der Waals surface area contributed by atoms with Crippen LogP contribution in [-0.2, 0) is 10.0 Å². The van der Waals surface area contributed by atoms with E-state index in [1.807, 2.05) is 0 Å².